The Bertz CT molecular complexity index is 510. The molecule has 0 aromatic heterocycles. The molecule has 20 heavy (non-hydrogen) atoms. The van der Waals surface area contributed by atoms with E-state index < -0.39 is 0 Å². The Hall–Kier alpha value is -1.34. The number of methoxy groups -OCH3 is 1. The van der Waals surface area contributed by atoms with Crippen molar-refractivity contribution in [3.63, 3.8) is 0 Å². The van der Waals surface area contributed by atoms with Crippen molar-refractivity contribution in [1.82, 2.24) is 5.59 Å². The third-order valence-corrected chi connectivity index (χ3v) is 3.20. The number of benzene rings is 1. The van der Waals surface area contributed by atoms with Gasteiger partial charge in [-0.05, 0) is 36.4 Å². The van der Waals surface area contributed by atoms with Crippen LogP contribution >= 0.6 is 24.0 Å². The topological polar surface area (TPSA) is 69.9 Å². The average Bonchev–Trinajstić information content (AvgIpc) is 2.88. The van der Waals surface area contributed by atoms with Gasteiger partial charge >= 0.3 is 0 Å². The van der Waals surface area contributed by atoms with E-state index in [0.29, 0.717) is 17.3 Å². The van der Waals surface area contributed by atoms with Gasteiger partial charge in [0.1, 0.15) is 6.10 Å². The van der Waals surface area contributed by atoms with Crippen molar-refractivity contribution in [3.8, 4) is 0 Å². The second-order valence-corrected chi connectivity index (χ2v) is 4.40. The number of rotatable bonds is 5. The molecule has 1 heterocycles. The van der Waals surface area contributed by atoms with Crippen LogP contribution in [0.5, 0.6) is 0 Å². The Morgan fingerprint density at radius 3 is 3.00 bits per heavy atom. The Labute approximate surface area is 128 Å². The summed E-state index contributed by atoms with van der Waals surface area (Å²) in [5.41, 5.74) is 4.37. The summed E-state index contributed by atoms with van der Waals surface area (Å²) in [6, 6.07) is 5.53. The highest BCUT2D eigenvalue weighted by atomic mass is 35.5. The van der Waals surface area contributed by atoms with Crippen molar-refractivity contribution in [2.75, 3.05) is 12.2 Å². The van der Waals surface area contributed by atoms with Crippen molar-refractivity contribution in [2.24, 2.45) is 5.10 Å². The van der Waals surface area contributed by atoms with Crippen molar-refractivity contribution in [2.45, 2.75) is 19.4 Å². The van der Waals surface area contributed by atoms with Crippen LogP contribution in [0, 0.1) is 12.3 Å². The zero-order chi connectivity index (χ0) is 13.8. The van der Waals surface area contributed by atoms with Crippen LogP contribution in [-0.4, -0.2) is 25.3 Å². The van der Waals surface area contributed by atoms with Crippen LogP contribution in [0.2, 0.25) is 5.02 Å². The molecule has 1 atom stereocenters. The molecule has 1 aliphatic heterocycles. The molecule has 0 bridgehead atoms. The maximum atomic E-state index is 7.11. The largest absolute Gasteiger partial charge is 0.371 e. The quantitative estimate of drug-likeness (QED) is 0.819. The summed E-state index contributed by atoms with van der Waals surface area (Å²) in [6.07, 6.45) is 1.28. The van der Waals surface area contributed by atoms with Crippen LogP contribution in [0.15, 0.2) is 23.3 Å². The number of hydrogen-bond acceptors (Lipinski definition) is 6. The van der Waals surface area contributed by atoms with Gasteiger partial charge in [0.15, 0.2) is 0 Å². The van der Waals surface area contributed by atoms with Crippen LogP contribution < -0.4 is 10.7 Å². The molecular weight excluding hydrogens is 303 g/mol. The fourth-order valence-corrected chi connectivity index (χ4v) is 1.86. The van der Waals surface area contributed by atoms with E-state index in [9.17, 15) is 0 Å². The lowest BCUT2D eigenvalue weighted by atomic mass is 10.2. The molecule has 1 unspecified atom stereocenters. The fourth-order valence-electron chi connectivity index (χ4n) is 1.69. The number of anilines is 1. The van der Waals surface area contributed by atoms with E-state index >= 15 is 0 Å². The van der Waals surface area contributed by atoms with Gasteiger partial charge in [-0.15, -0.1) is 17.5 Å². The Morgan fingerprint density at radius 2 is 2.35 bits per heavy atom. The Morgan fingerprint density at radius 1 is 1.60 bits per heavy atom. The number of ether oxygens (including phenoxy) is 1. The first kappa shape index (κ1) is 16.7. The van der Waals surface area contributed by atoms with Crippen LogP contribution in [0.25, 0.3) is 0 Å². The highest BCUT2D eigenvalue weighted by Gasteiger charge is 2.25. The third kappa shape index (κ3) is 3.40. The van der Waals surface area contributed by atoms with Crippen molar-refractivity contribution in [1.29, 1.82) is 5.41 Å². The molecule has 6 nitrogen and oxygen atoms in total. The molecule has 1 aliphatic rings. The lowest BCUT2D eigenvalue weighted by molar-refractivity contribution is 0.115. The van der Waals surface area contributed by atoms with Crippen molar-refractivity contribution >= 4 is 41.8 Å². The molecule has 0 saturated carbocycles. The highest BCUT2D eigenvalue weighted by Crippen LogP contribution is 2.27. The van der Waals surface area contributed by atoms with Gasteiger partial charge in [0.25, 0.3) is 5.90 Å². The second kappa shape index (κ2) is 7.44. The fraction of sp³-hybridized carbons (Fsp3) is 0.333. The van der Waals surface area contributed by atoms with Crippen LogP contribution in [0.1, 0.15) is 12.0 Å². The molecule has 8 heteroatoms. The maximum absolute atomic E-state index is 7.11. The van der Waals surface area contributed by atoms with E-state index in [1.807, 2.05) is 25.1 Å². The number of hydrazone groups is 1. The van der Waals surface area contributed by atoms with Gasteiger partial charge in [0, 0.05) is 18.6 Å². The van der Waals surface area contributed by atoms with E-state index in [0.717, 1.165) is 11.3 Å². The van der Waals surface area contributed by atoms with E-state index in [2.05, 4.69) is 10.7 Å². The van der Waals surface area contributed by atoms with Gasteiger partial charge in [-0.1, -0.05) is 17.7 Å². The summed E-state index contributed by atoms with van der Waals surface area (Å²) in [5, 5.41) is 13.5. The molecular formula is C12H16Cl2N4O2. The van der Waals surface area contributed by atoms with Gasteiger partial charge in [-0.2, -0.15) is 5.12 Å². The number of nitrogens with one attached hydrogen (secondary N) is 2. The minimum atomic E-state index is -0.380. The lowest BCUT2D eigenvalue weighted by Gasteiger charge is -2.14. The molecule has 0 fully saturated rings. The smallest absolute Gasteiger partial charge is 0.264 e. The summed E-state index contributed by atoms with van der Waals surface area (Å²) in [7, 11) is 1.55. The zero-order valence-corrected chi connectivity index (χ0v) is 12.7. The SMILES string of the molecule is COC(CC=N)C1=NN(c2cccc(Cl)c2C)NO1.Cl. The van der Waals surface area contributed by atoms with Crippen LogP contribution in [0.3, 0.4) is 0 Å². The molecule has 1 aromatic rings. The van der Waals surface area contributed by atoms with E-state index in [1.165, 1.54) is 11.3 Å². The van der Waals surface area contributed by atoms with Gasteiger partial charge in [0.05, 0.1) is 5.69 Å². The summed E-state index contributed by atoms with van der Waals surface area (Å²) in [6.45, 7) is 1.90. The van der Waals surface area contributed by atoms with E-state index in [1.54, 1.807) is 7.11 Å². The minimum Gasteiger partial charge on any atom is -0.371 e. The average molecular weight is 319 g/mol. The maximum Gasteiger partial charge on any atom is 0.264 e. The molecule has 2 N–H and O–H groups in total. The Kier molecular flexibility index (Phi) is 6.22. The second-order valence-electron chi connectivity index (χ2n) is 3.99. The number of halogens is 2. The monoisotopic (exact) mass is 318 g/mol. The molecule has 1 aromatic carbocycles. The van der Waals surface area contributed by atoms with E-state index in [-0.39, 0.29) is 18.5 Å². The van der Waals surface area contributed by atoms with E-state index in [4.69, 9.17) is 26.6 Å². The summed E-state index contributed by atoms with van der Waals surface area (Å²) in [5.74, 6) is 0.380. The first-order chi connectivity index (χ1) is 9.17. The van der Waals surface area contributed by atoms with Crippen LogP contribution in [-0.2, 0) is 9.57 Å². The summed E-state index contributed by atoms with van der Waals surface area (Å²) in [4.78, 5) is 5.27. The normalized spacial score (nSPS) is 15.2. The molecule has 0 amide bonds. The number of nitrogens with zero attached hydrogens (tertiary/aromatic N) is 2. The Balaban J connectivity index is 0.00000200. The van der Waals surface area contributed by atoms with Gasteiger partial charge in [-0.3, -0.25) is 0 Å². The summed E-state index contributed by atoms with van der Waals surface area (Å²) >= 11 is 6.07. The van der Waals surface area contributed by atoms with Gasteiger partial charge in [-0.25, -0.2) is 0 Å². The molecule has 0 spiro atoms. The lowest BCUT2D eigenvalue weighted by Crippen LogP contribution is -2.29. The molecule has 110 valence electrons. The van der Waals surface area contributed by atoms with Gasteiger partial charge in [0.2, 0.25) is 0 Å². The molecule has 0 aliphatic carbocycles. The number of hydrazine groups is 1. The zero-order valence-electron chi connectivity index (χ0n) is 11.1. The first-order valence-corrected chi connectivity index (χ1v) is 6.13. The van der Waals surface area contributed by atoms with Crippen molar-refractivity contribution in [3.05, 3.63) is 28.8 Å². The number of hydrogen-bond donors (Lipinski definition) is 2. The predicted molar refractivity (Wildman–Crippen MR) is 81.8 cm³/mol. The standard InChI is InChI=1S/C12H15ClN4O2.ClH/c1-8-9(13)4-3-5-10(8)17-15-12(19-16-17)11(18-2)6-7-14;/h3-5,7,11,14,16H,6H2,1-2H3;1H. The van der Waals surface area contributed by atoms with Gasteiger partial charge < -0.3 is 15.0 Å². The first-order valence-electron chi connectivity index (χ1n) is 5.75. The van der Waals surface area contributed by atoms with Crippen LogP contribution in [0.4, 0.5) is 5.69 Å². The summed E-state index contributed by atoms with van der Waals surface area (Å²) < 4.78 is 5.21. The molecule has 0 saturated heterocycles. The van der Waals surface area contributed by atoms with Crippen molar-refractivity contribution < 1.29 is 9.57 Å². The molecule has 0 radical (unpaired) electrons. The minimum absolute atomic E-state index is 0. The molecule has 2 rings (SSSR count). The third-order valence-electron chi connectivity index (χ3n) is 2.79. The highest BCUT2D eigenvalue weighted by molar-refractivity contribution is 6.31. The predicted octanol–water partition coefficient (Wildman–Crippen LogP) is 2.69.